The molecule has 0 N–H and O–H groups in total. The number of fused-ring (bicyclic) bond motifs is 6. The van der Waals surface area contributed by atoms with Crippen molar-refractivity contribution in [2.24, 2.45) is 0 Å². The number of hydrogen-bond acceptors (Lipinski definition) is 1. The van der Waals surface area contributed by atoms with E-state index < -0.39 is 0 Å². The summed E-state index contributed by atoms with van der Waals surface area (Å²) in [5.74, 6) is 0. The van der Waals surface area contributed by atoms with Gasteiger partial charge in [-0.1, -0.05) is 115 Å². The van der Waals surface area contributed by atoms with Crippen molar-refractivity contribution in [2.45, 2.75) is 6.42 Å². The van der Waals surface area contributed by atoms with E-state index in [2.05, 4.69) is 133 Å². The van der Waals surface area contributed by atoms with Crippen molar-refractivity contribution < 1.29 is 0 Å². The van der Waals surface area contributed by atoms with Crippen LogP contribution >= 0.6 is 11.3 Å². The van der Waals surface area contributed by atoms with Crippen molar-refractivity contribution in [1.82, 2.24) is 0 Å². The molecule has 0 bridgehead atoms. The third kappa shape index (κ3) is 3.36. The van der Waals surface area contributed by atoms with Gasteiger partial charge in [0.05, 0.1) is 0 Å². The molecule has 0 radical (unpaired) electrons. The Kier molecular flexibility index (Phi) is 4.86. The maximum absolute atomic E-state index is 2.42. The fourth-order valence-electron chi connectivity index (χ4n) is 6.08. The van der Waals surface area contributed by atoms with Gasteiger partial charge in [0.1, 0.15) is 0 Å². The summed E-state index contributed by atoms with van der Waals surface area (Å²) in [7, 11) is 0. The Hall–Kier alpha value is -4.46. The van der Waals surface area contributed by atoms with E-state index in [-0.39, 0.29) is 0 Å². The number of rotatable bonds is 3. The molecule has 1 aliphatic rings. The fourth-order valence-corrected chi connectivity index (χ4v) is 7.32. The normalized spacial score (nSPS) is 12.1. The first-order chi connectivity index (χ1) is 18.8. The predicted octanol–water partition coefficient (Wildman–Crippen LogP) is 10.6. The van der Waals surface area contributed by atoms with Crippen molar-refractivity contribution in [1.29, 1.82) is 0 Å². The number of hydrogen-bond donors (Lipinski definition) is 0. The van der Waals surface area contributed by atoms with Crippen LogP contribution in [0.1, 0.15) is 11.1 Å². The zero-order valence-electron chi connectivity index (χ0n) is 20.8. The zero-order valence-corrected chi connectivity index (χ0v) is 21.6. The summed E-state index contributed by atoms with van der Waals surface area (Å²) in [6.07, 6.45) is 0.999. The minimum absolute atomic E-state index is 0.999. The van der Waals surface area contributed by atoms with Crippen molar-refractivity contribution >= 4 is 31.5 Å². The van der Waals surface area contributed by atoms with Gasteiger partial charge in [0, 0.05) is 20.2 Å². The van der Waals surface area contributed by atoms with E-state index in [9.17, 15) is 0 Å². The Morgan fingerprint density at radius 3 is 1.74 bits per heavy atom. The first-order valence-electron chi connectivity index (χ1n) is 13.2. The molecule has 0 spiro atoms. The lowest BCUT2D eigenvalue weighted by molar-refractivity contribution is 1.26. The monoisotopic (exact) mass is 500 g/mol. The van der Waals surface area contributed by atoms with E-state index in [0.717, 1.165) is 6.42 Å². The molecule has 178 valence electrons. The smallest absolute Gasteiger partial charge is 0.0433 e. The average molecular weight is 501 g/mol. The SMILES string of the molecule is c1ccc(-c2ccccc2-c2ccc3c(c2)-c2cc(-c4cccc5c4sc4ccccc45)ccc2C3)cc1. The molecule has 1 aliphatic carbocycles. The second-order valence-electron chi connectivity index (χ2n) is 10.1. The molecular weight excluding hydrogens is 476 g/mol. The summed E-state index contributed by atoms with van der Waals surface area (Å²) >= 11 is 1.90. The largest absolute Gasteiger partial charge is 0.135 e. The molecule has 0 nitrogen and oxygen atoms in total. The molecule has 0 unspecified atom stereocenters. The van der Waals surface area contributed by atoms with Crippen molar-refractivity contribution in [3.63, 3.8) is 0 Å². The number of benzene rings is 6. The molecular formula is C37H24S. The highest BCUT2D eigenvalue weighted by Gasteiger charge is 2.21. The van der Waals surface area contributed by atoms with E-state index in [0.29, 0.717) is 0 Å². The first-order valence-corrected chi connectivity index (χ1v) is 14.0. The zero-order chi connectivity index (χ0) is 25.1. The lowest BCUT2D eigenvalue weighted by Crippen LogP contribution is -1.87. The van der Waals surface area contributed by atoms with Gasteiger partial charge in [-0.3, -0.25) is 0 Å². The van der Waals surface area contributed by atoms with Gasteiger partial charge in [-0.2, -0.15) is 0 Å². The van der Waals surface area contributed by atoms with E-state index in [1.165, 1.54) is 75.8 Å². The maximum Gasteiger partial charge on any atom is 0.0433 e. The Morgan fingerprint density at radius 1 is 0.395 bits per heavy atom. The molecule has 0 fully saturated rings. The van der Waals surface area contributed by atoms with Crippen molar-refractivity contribution in [3.8, 4) is 44.5 Å². The van der Waals surface area contributed by atoms with E-state index >= 15 is 0 Å². The summed E-state index contributed by atoms with van der Waals surface area (Å²) in [5, 5.41) is 2.70. The van der Waals surface area contributed by atoms with Gasteiger partial charge >= 0.3 is 0 Å². The molecule has 1 aromatic heterocycles. The first kappa shape index (κ1) is 21.6. The Labute approximate surface area is 226 Å². The summed E-state index contributed by atoms with van der Waals surface area (Å²) in [6, 6.07) is 49.1. The molecule has 8 rings (SSSR count). The van der Waals surface area contributed by atoms with Gasteiger partial charge in [0.25, 0.3) is 0 Å². The Balaban J connectivity index is 1.27. The second-order valence-corrected chi connectivity index (χ2v) is 11.2. The summed E-state index contributed by atoms with van der Waals surface area (Å²) in [6.45, 7) is 0. The van der Waals surface area contributed by atoms with Crippen LogP contribution in [0.25, 0.3) is 64.7 Å². The Morgan fingerprint density at radius 2 is 0.974 bits per heavy atom. The average Bonchev–Trinajstić information content (AvgIpc) is 3.55. The molecule has 6 aromatic carbocycles. The quantitative estimate of drug-likeness (QED) is 0.226. The van der Waals surface area contributed by atoms with Crippen LogP contribution in [-0.4, -0.2) is 0 Å². The predicted molar refractivity (Wildman–Crippen MR) is 164 cm³/mol. The van der Waals surface area contributed by atoms with Crippen molar-refractivity contribution in [2.75, 3.05) is 0 Å². The third-order valence-corrected chi connectivity index (χ3v) is 9.15. The second kappa shape index (κ2) is 8.55. The van der Waals surface area contributed by atoms with Crippen LogP contribution in [0.15, 0.2) is 133 Å². The van der Waals surface area contributed by atoms with Gasteiger partial charge in [0.15, 0.2) is 0 Å². The maximum atomic E-state index is 2.42. The van der Waals surface area contributed by atoms with Gasteiger partial charge < -0.3 is 0 Å². The van der Waals surface area contributed by atoms with Crippen molar-refractivity contribution in [3.05, 3.63) is 145 Å². The molecule has 1 heteroatoms. The fraction of sp³-hybridized carbons (Fsp3) is 0.0270. The van der Waals surface area contributed by atoms with Crippen LogP contribution in [0.5, 0.6) is 0 Å². The molecule has 0 atom stereocenters. The number of thiophene rings is 1. The Bertz CT molecular complexity index is 1990. The minimum atomic E-state index is 0.999. The van der Waals surface area contributed by atoms with E-state index in [1.807, 2.05) is 11.3 Å². The molecule has 38 heavy (non-hydrogen) atoms. The lowest BCUT2D eigenvalue weighted by atomic mass is 9.92. The van der Waals surface area contributed by atoms with E-state index in [4.69, 9.17) is 0 Å². The summed E-state index contributed by atoms with van der Waals surface area (Å²) in [5.41, 5.74) is 13.3. The van der Waals surface area contributed by atoms with Crippen LogP contribution in [0, 0.1) is 0 Å². The molecule has 0 aliphatic heterocycles. The van der Waals surface area contributed by atoms with Crippen LogP contribution in [-0.2, 0) is 6.42 Å². The molecule has 0 saturated carbocycles. The van der Waals surface area contributed by atoms with E-state index in [1.54, 1.807) is 0 Å². The molecule has 0 saturated heterocycles. The third-order valence-electron chi connectivity index (χ3n) is 7.93. The molecule has 7 aromatic rings. The molecule has 1 heterocycles. The van der Waals surface area contributed by atoms with Gasteiger partial charge in [0.2, 0.25) is 0 Å². The summed E-state index contributed by atoms with van der Waals surface area (Å²) in [4.78, 5) is 0. The van der Waals surface area contributed by atoms with Crippen LogP contribution in [0.2, 0.25) is 0 Å². The van der Waals surface area contributed by atoms with Gasteiger partial charge in [-0.05, 0) is 80.3 Å². The standard InChI is InChI=1S/C37H24S/c1-2-9-24(10-3-1)29-11-4-5-12-30(29)27-19-17-25-21-26-18-20-28(23-35(26)34(25)22-27)31-14-8-15-33-32-13-6-7-16-36(32)38-37(31)33/h1-20,22-23H,21H2. The topological polar surface area (TPSA) is 0 Å². The van der Waals surface area contributed by atoms with Crippen LogP contribution < -0.4 is 0 Å². The van der Waals surface area contributed by atoms with Gasteiger partial charge in [-0.25, -0.2) is 0 Å². The van der Waals surface area contributed by atoms with Crippen LogP contribution in [0.3, 0.4) is 0 Å². The van der Waals surface area contributed by atoms with Gasteiger partial charge in [-0.15, -0.1) is 11.3 Å². The van der Waals surface area contributed by atoms with Crippen LogP contribution in [0.4, 0.5) is 0 Å². The lowest BCUT2D eigenvalue weighted by Gasteiger charge is -2.12. The summed E-state index contributed by atoms with van der Waals surface area (Å²) < 4.78 is 2.72. The highest BCUT2D eigenvalue weighted by Crippen LogP contribution is 2.44. The molecule has 0 amide bonds. The minimum Gasteiger partial charge on any atom is -0.135 e. The highest BCUT2D eigenvalue weighted by atomic mass is 32.1. The highest BCUT2D eigenvalue weighted by molar-refractivity contribution is 7.26.